The van der Waals surface area contributed by atoms with Crippen LogP contribution in [0.2, 0.25) is 0 Å². The van der Waals surface area contributed by atoms with Gasteiger partial charge in [-0.3, -0.25) is 4.79 Å². The first-order valence-electron chi connectivity index (χ1n) is 8.02. The highest BCUT2D eigenvalue weighted by Crippen LogP contribution is 2.44. The number of aryl methyl sites for hydroxylation is 2. The van der Waals surface area contributed by atoms with Crippen LogP contribution in [0.1, 0.15) is 35.1 Å². The Morgan fingerprint density at radius 3 is 1.75 bits per heavy atom. The normalized spacial score (nSPS) is 15.9. The van der Waals surface area contributed by atoms with Crippen molar-refractivity contribution in [1.82, 2.24) is 0 Å². The Balaban J connectivity index is 2.14. The van der Waals surface area contributed by atoms with Crippen molar-refractivity contribution < 1.29 is 19.0 Å². The van der Waals surface area contributed by atoms with Crippen molar-refractivity contribution in [3.8, 4) is 11.5 Å². The molecule has 4 nitrogen and oxygen atoms in total. The number of carbonyl (C=O) groups excluding carboxylic acids is 1. The highest BCUT2D eigenvalue weighted by Gasteiger charge is 2.44. The molecule has 1 heterocycles. The van der Waals surface area contributed by atoms with Crippen LogP contribution < -0.4 is 9.47 Å². The lowest BCUT2D eigenvalue weighted by atomic mass is 9.82. The lowest BCUT2D eigenvalue weighted by Gasteiger charge is -2.30. The van der Waals surface area contributed by atoms with E-state index in [0.717, 1.165) is 33.8 Å². The van der Waals surface area contributed by atoms with Crippen LogP contribution in [-0.4, -0.2) is 20.2 Å². The number of carbonyl (C=O) groups is 1. The number of methoxy groups -OCH3 is 2. The fourth-order valence-corrected chi connectivity index (χ4v) is 3.41. The van der Waals surface area contributed by atoms with Crippen molar-refractivity contribution in [2.75, 3.05) is 14.2 Å². The van der Waals surface area contributed by atoms with Crippen LogP contribution in [0.4, 0.5) is 0 Å². The minimum atomic E-state index is -0.745. The molecule has 24 heavy (non-hydrogen) atoms. The molecule has 0 bridgehead atoms. The molecule has 1 aliphatic heterocycles. The Labute approximate surface area is 142 Å². The van der Waals surface area contributed by atoms with Crippen LogP contribution in [0.25, 0.3) is 0 Å². The van der Waals surface area contributed by atoms with E-state index in [0.29, 0.717) is 12.8 Å². The van der Waals surface area contributed by atoms with Crippen LogP contribution in [0.3, 0.4) is 0 Å². The topological polar surface area (TPSA) is 44.8 Å². The molecule has 0 saturated carbocycles. The quantitative estimate of drug-likeness (QED) is 0.799. The van der Waals surface area contributed by atoms with Crippen molar-refractivity contribution in [3.63, 3.8) is 0 Å². The summed E-state index contributed by atoms with van der Waals surface area (Å²) in [4.78, 5) is 11.9. The van der Waals surface area contributed by atoms with Gasteiger partial charge >= 0.3 is 5.97 Å². The van der Waals surface area contributed by atoms with Crippen LogP contribution in [-0.2, 0) is 15.1 Å². The highest BCUT2D eigenvalue weighted by atomic mass is 16.6. The van der Waals surface area contributed by atoms with Crippen LogP contribution in [0.15, 0.2) is 36.4 Å². The minimum Gasteiger partial charge on any atom is -0.496 e. The largest absolute Gasteiger partial charge is 0.496 e. The second-order valence-corrected chi connectivity index (χ2v) is 6.17. The Morgan fingerprint density at radius 1 is 0.917 bits per heavy atom. The molecule has 2 aromatic carbocycles. The molecule has 0 N–H and O–H groups in total. The Kier molecular flexibility index (Phi) is 4.22. The third kappa shape index (κ3) is 2.62. The summed E-state index contributed by atoms with van der Waals surface area (Å²) in [7, 11) is 3.31. The molecular formula is C20H22O4. The Morgan fingerprint density at radius 2 is 1.42 bits per heavy atom. The number of rotatable bonds is 4. The van der Waals surface area contributed by atoms with Gasteiger partial charge in [0, 0.05) is 17.5 Å². The maximum Gasteiger partial charge on any atom is 0.307 e. The molecule has 1 aliphatic rings. The fraction of sp³-hybridized carbons (Fsp3) is 0.350. The minimum absolute atomic E-state index is 0.169. The number of benzene rings is 2. The number of hydrogen-bond donors (Lipinski definition) is 0. The maximum absolute atomic E-state index is 11.9. The van der Waals surface area contributed by atoms with Crippen molar-refractivity contribution in [2.45, 2.75) is 32.3 Å². The van der Waals surface area contributed by atoms with E-state index in [1.807, 2.05) is 50.2 Å². The van der Waals surface area contributed by atoms with Gasteiger partial charge in [0.2, 0.25) is 0 Å². The summed E-state index contributed by atoms with van der Waals surface area (Å²) in [6, 6.07) is 11.9. The summed E-state index contributed by atoms with van der Waals surface area (Å²) in [5.41, 5.74) is 3.23. The molecule has 0 radical (unpaired) electrons. The van der Waals surface area contributed by atoms with E-state index >= 15 is 0 Å². The van der Waals surface area contributed by atoms with Crippen molar-refractivity contribution in [2.24, 2.45) is 0 Å². The van der Waals surface area contributed by atoms with E-state index in [1.165, 1.54) is 0 Å². The molecule has 0 aromatic heterocycles. The second-order valence-electron chi connectivity index (χ2n) is 6.17. The van der Waals surface area contributed by atoms with Gasteiger partial charge in [-0.05, 0) is 49.2 Å². The highest BCUT2D eigenvalue weighted by molar-refractivity contribution is 5.74. The van der Waals surface area contributed by atoms with Gasteiger partial charge in [0.15, 0.2) is 5.60 Å². The predicted molar refractivity (Wildman–Crippen MR) is 91.6 cm³/mol. The predicted octanol–water partition coefficient (Wildman–Crippen LogP) is 3.90. The van der Waals surface area contributed by atoms with Crippen molar-refractivity contribution >= 4 is 5.97 Å². The summed E-state index contributed by atoms with van der Waals surface area (Å²) in [5.74, 6) is 1.48. The van der Waals surface area contributed by atoms with Gasteiger partial charge in [0.05, 0.1) is 20.6 Å². The summed E-state index contributed by atoms with van der Waals surface area (Å²) >= 11 is 0. The summed E-state index contributed by atoms with van der Waals surface area (Å²) in [6.45, 7) is 3.98. The lowest BCUT2D eigenvalue weighted by Crippen LogP contribution is -2.27. The van der Waals surface area contributed by atoms with E-state index in [-0.39, 0.29) is 5.97 Å². The SMILES string of the molecule is COc1ccc(C2(c3ccc(OC)c(C)c3)CCC(=O)O2)cc1C. The molecule has 3 rings (SSSR count). The molecule has 1 saturated heterocycles. The lowest BCUT2D eigenvalue weighted by molar-refractivity contribution is -0.146. The Hall–Kier alpha value is -2.49. The molecule has 0 amide bonds. The van der Waals surface area contributed by atoms with Gasteiger partial charge in [0.25, 0.3) is 0 Å². The van der Waals surface area contributed by atoms with Gasteiger partial charge in [-0.25, -0.2) is 0 Å². The van der Waals surface area contributed by atoms with E-state index in [1.54, 1.807) is 14.2 Å². The fourth-order valence-electron chi connectivity index (χ4n) is 3.41. The van der Waals surface area contributed by atoms with E-state index in [4.69, 9.17) is 14.2 Å². The van der Waals surface area contributed by atoms with Crippen LogP contribution >= 0.6 is 0 Å². The molecule has 2 aromatic rings. The first-order valence-corrected chi connectivity index (χ1v) is 8.02. The zero-order valence-corrected chi connectivity index (χ0v) is 14.5. The van der Waals surface area contributed by atoms with Crippen molar-refractivity contribution in [1.29, 1.82) is 0 Å². The third-order valence-corrected chi connectivity index (χ3v) is 4.69. The summed E-state index contributed by atoms with van der Waals surface area (Å²) in [6.07, 6.45) is 1.04. The summed E-state index contributed by atoms with van der Waals surface area (Å²) in [5, 5.41) is 0. The molecular weight excluding hydrogens is 304 g/mol. The van der Waals surface area contributed by atoms with Crippen LogP contribution in [0.5, 0.6) is 11.5 Å². The monoisotopic (exact) mass is 326 g/mol. The van der Waals surface area contributed by atoms with Gasteiger partial charge in [-0.1, -0.05) is 12.1 Å². The number of esters is 1. The molecule has 0 atom stereocenters. The number of hydrogen-bond acceptors (Lipinski definition) is 4. The smallest absolute Gasteiger partial charge is 0.307 e. The van der Waals surface area contributed by atoms with Gasteiger partial charge < -0.3 is 14.2 Å². The van der Waals surface area contributed by atoms with Gasteiger partial charge in [-0.15, -0.1) is 0 Å². The molecule has 0 unspecified atom stereocenters. The number of cyclic esters (lactones) is 1. The van der Waals surface area contributed by atoms with Gasteiger partial charge in [0.1, 0.15) is 11.5 Å². The summed E-state index contributed by atoms with van der Waals surface area (Å²) < 4.78 is 16.6. The molecule has 126 valence electrons. The van der Waals surface area contributed by atoms with E-state index in [9.17, 15) is 4.79 Å². The molecule has 0 aliphatic carbocycles. The average molecular weight is 326 g/mol. The first kappa shape index (κ1) is 16.4. The second kappa shape index (κ2) is 6.19. The zero-order chi connectivity index (χ0) is 17.3. The van der Waals surface area contributed by atoms with Gasteiger partial charge in [-0.2, -0.15) is 0 Å². The molecule has 1 fully saturated rings. The van der Waals surface area contributed by atoms with E-state index < -0.39 is 5.60 Å². The van der Waals surface area contributed by atoms with Crippen LogP contribution in [0, 0.1) is 13.8 Å². The van der Waals surface area contributed by atoms with E-state index in [2.05, 4.69) is 0 Å². The maximum atomic E-state index is 11.9. The molecule has 4 heteroatoms. The van der Waals surface area contributed by atoms with Crippen molar-refractivity contribution in [3.05, 3.63) is 58.7 Å². The molecule has 0 spiro atoms. The standard InChI is InChI=1S/C20H22O4/c1-13-11-15(5-7-17(13)22-3)20(10-9-19(21)24-20)16-6-8-18(23-4)14(2)12-16/h5-8,11-12H,9-10H2,1-4H3. The average Bonchev–Trinajstić information content (AvgIpc) is 2.98. The third-order valence-electron chi connectivity index (χ3n) is 4.69. The number of ether oxygens (including phenoxy) is 3. The Bertz CT molecular complexity index is 726. The zero-order valence-electron chi connectivity index (χ0n) is 14.5. The first-order chi connectivity index (χ1) is 11.5.